The van der Waals surface area contributed by atoms with E-state index < -0.39 is 14.9 Å². The van der Waals surface area contributed by atoms with Crippen LogP contribution in [-0.4, -0.2) is 23.7 Å². The minimum atomic E-state index is -3.62. The van der Waals surface area contributed by atoms with Gasteiger partial charge in [-0.15, -0.1) is 0 Å². The molecular formula is C16H14N2O4S. The summed E-state index contributed by atoms with van der Waals surface area (Å²) in [4.78, 5) is 10.3. The van der Waals surface area contributed by atoms with Gasteiger partial charge in [-0.3, -0.25) is 10.1 Å². The number of hydrogen-bond donors (Lipinski definition) is 0. The molecule has 2 aromatic rings. The highest BCUT2D eigenvalue weighted by Crippen LogP contribution is 2.53. The number of nitro benzene ring substituents is 1. The molecule has 0 saturated carbocycles. The molecule has 0 amide bonds. The van der Waals surface area contributed by atoms with Crippen LogP contribution in [0.4, 0.5) is 5.69 Å². The lowest BCUT2D eigenvalue weighted by Gasteiger charge is -2.11. The van der Waals surface area contributed by atoms with Crippen molar-refractivity contribution >= 4 is 15.7 Å². The number of nitrogens with zero attached hydrogens (tertiary/aromatic N) is 2. The molecule has 7 heteroatoms. The smallest absolute Gasteiger partial charge is 0.258 e. The molecule has 1 saturated heterocycles. The number of nitro groups is 1. The Morgan fingerprint density at radius 3 is 2.48 bits per heavy atom. The molecule has 3 atom stereocenters. The first kappa shape index (κ1) is 14.3. The number of fused-ring (bicyclic) bond motifs is 3. The van der Waals surface area contributed by atoms with Gasteiger partial charge >= 0.3 is 0 Å². The fraction of sp³-hybridized carbons (Fsp3) is 0.250. The van der Waals surface area contributed by atoms with E-state index in [2.05, 4.69) is 0 Å². The maximum Gasteiger partial charge on any atom is 0.269 e. The van der Waals surface area contributed by atoms with Gasteiger partial charge in [-0.05, 0) is 36.1 Å². The zero-order chi connectivity index (χ0) is 16.2. The number of non-ortho nitro benzene ring substituents is 1. The second kappa shape index (κ2) is 4.87. The maximum absolute atomic E-state index is 12.8. The normalized spacial score (nSPS) is 25.3. The molecule has 0 spiro atoms. The van der Waals surface area contributed by atoms with Crippen LogP contribution >= 0.6 is 0 Å². The molecule has 2 aromatic carbocycles. The summed E-state index contributed by atoms with van der Waals surface area (Å²) in [6.45, 7) is 0. The molecule has 1 aliphatic heterocycles. The van der Waals surface area contributed by atoms with Crippen LogP contribution in [0.15, 0.2) is 53.4 Å². The second-order valence-corrected chi connectivity index (χ2v) is 7.68. The van der Waals surface area contributed by atoms with Gasteiger partial charge in [0.2, 0.25) is 10.0 Å². The number of benzene rings is 2. The summed E-state index contributed by atoms with van der Waals surface area (Å²) < 4.78 is 27.1. The highest BCUT2D eigenvalue weighted by atomic mass is 32.2. The minimum absolute atomic E-state index is 0.00471. The van der Waals surface area contributed by atoms with Gasteiger partial charge in [0.15, 0.2) is 0 Å². The van der Waals surface area contributed by atoms with Crippen LogP contribution in [0.3, 0.4) is 0 Å². The standard InChI is InChI=1S/C16H14N2O4S/c19-18(20)12-6-8-13(9-7-12)23(21,22)17-15-10-5-11-3-1-2-4-14(11)16(15)17/h1-4,6-9,15-16H,5,10H2/t15-,16-,17?/m1/s1. The van der Waals surface area contributed by atoms with E-state index in [0.29, 0.717) is 0 Å². The SMILES string of the molecule is O=[N+]([O-])c1ccc(S(=O)(=O)N2[C@@H]3CCc4ccccc4[C@H]32)cc1. The summed E-state index contributed by atoms with van der Waals surface area (Å²) >= 11 is 0. The van der Waals surface area contributed by atoms with Crippen LogP contribution in [0.5, 0.6) is 0 Å². The molecule has 1 unspecified atom stereocenters. The van der Waals surface area contributed by atoms with Crippen LogP contribution in [0.25, 0.3) is 0 Å². The lowest BCUT2D eigenvalue weighted by molar-refractivity contribution is -0.384. The van der Waals surface area contributed by atoms with Crippen LogP contribution in [0.2, 0.25) is 0 Å². The Balaban J connectivity index is 1.68. The highest BCUT2D eigenvalue weighted by Gasteiger charge is 2.57. The van der Waals surface area contributed by atoms with Crippen molar-refractivity contribution < 1.29 is 13.3 Å². The van der Waals surface area contributed by atoms with Crippen molar-refractivity contribution in [3.63, 3.8) is 0 Å². The molecule has 0 radical (unpaired) electrons. The predicted molar refractivity (Wildman–Crippen MR) is 83.4 cm³/mol. The Morgan fingerprint density at radius 1 is 1.09 bits per heavy atom. The van der Waals surface area contributed by atoms with E-state index in [1.807, 2.05) is 24.3 Å². The average Bonchev–Trinajstić information content (AvgIpc) is 3.31. The van der Waals surface area contributed by atoms with E-state index in [0.717, 1.165) is 18.4 Å². The molecule has 0 aromatic heterocycles. The third-order valence-electron chi connectivity index (χ3n) is 4.58. The van der Waals surface area contributed by atoms with E-state index in [-0.39, 0.29) is 22.7 Å². The first-order chi connectivity index (χ1) is 11.0. The number of sulfonamides is 1. The molecule has 118 valence electrons. The van der Waals surface area contributed by atoms with Gasteiger partial charge in [0, 0.05) is 18.2 Å². The summed E-state index contributed by atoms with van der Waals surface area (Å²) in [5.74, 6) is 0. The molecule has 0 bridgehead atoms. The number of hydrogen-bond acceptors (Lipinski definition) is 4. The van der Waals surface area contributed by atoms with Gasteiger partial charge in [-0.2, -0.15) is 4.31 Å². The first-order valence-electron chi connectivity index (χ1n) is 7.36. The van der Waals surface area contributed by atoms with E-state index in [1.165, 1.54) is 34.1 Å². The molecule has 2 aliphatic rings. The van der Waals surface area contributed by atoms with Gasteiger partial charge in [0.1, 0.15) is 0 Å². The molecule has 6 nitrogen and oxygen atoms in total. The fourth-order valence-electron chi connectivity index (χ4n) is 3.43. The van der Waals surface area contributed by atoms with E-state index in [9.17, 15) is 18.5 Å². The zero-order valence-electron chi connectivity index (χ0n) is 12.1. The minimum Gasteiger partial charge on any atom is -0.258 e. The van der Waals surface area contributed by atoms with Crippen molar-refractivity contribution in [3.8, 4) is 0 Å². The molecule has 1 fully saturated rings. The Labute approximate surface area is 133 Å². The Kier molecular flexibility index (Phi) is 3.04. The molecule has 23 heavy (non-hydrogen) atoms. The largest absolute Gasteiger partial charge is 0.269 e. The van der Waals surface area contributed by atoms with Crippen molar-refractivity contribution in [2.24, 2.45) is 0 Å². The highest BCUT2D eigenvalue weighted by molar-refractivity contribution is 7.89. The summed E-state index contributed by atoms with van der Waals surface area (Å²) in [5, 5.41) is 10.7. The third-order valence-corrected chi connectivity index (χ3v) is 6.50. The van der Waals surface area contributed by atoms with Gasteiger partial charge in [-0.1, -0.05) is 24.3 Å². The van der Waals surface area contributed by atoms with E-state index in [4.69, 9.17) is 0 Å². The molecule has 1 aliphatic carbocycles. The van der Waals surface area contributed by atoms with Crippen LogP contribution in [0.1, 0.15) is 23.6 Å². The van der Waals surface area contributed by atoms with Crippen molar-refractivity contribution in [3.05, 3.63) is 69.8 Å². The number of rotatable bonds is 3. The Bertz CT molecular complexity index is 893. The Morgan fingerprint density at radius 2 is 1.78 bits per heavy atom. The lowest BCUT2D eigenvalue weighted by atomic mass is 9.92. The average molecular weight is 330 g/mol. The summed E-state index contributed by atoms with van der Waals surface area (Å²) in [5.41, 5.74) is 2.17. The maximum atomic E-state index is 12.8. The van der Waals surface area contributed by atoms with Crippen molar-refractivity contribution in [1.82, 2.24) is 4.31 Å². The Hall–Kier alpha value is -2.25. The van der Waals surface area contributed by atoms with Crippen LogP contribution in [0, 0.1) is 10.1 Å². The van der Waals surface area contributed by atoms with Crippen LogP contribution in [-0.2, 0) is 16.4 Å². The summed E-state index contributed by atoms with van der Waals surface area (Å²) in [6, 6.07) is 12.9. The number of aryl methyl sites for hydroxylation is 1. The topological polar surface area (TPSA) is 80.3 Å². The second-order valence-electron chi connectivity index (χ2n) is 5.84. The summed E-state index contributed by atoms with van der Waals surface area (Å²) in [6.07, 6.45) is 1.69. The van der Waals surface area contributed by atoms with Gasteiger partial charge in [0.25, 0.3) is 5.69 Å². The van der Waals surface area contributed by atoms with Gasteiger partial charge < -0.3 is 0 Å². The lowest BCUT2D eigenvalue weighted by Crippen LogP contribution is -2.14. The third kappa shape index (κ3) is 2.15. The quantitative estimate of drug-likeness (QED) is 0.492. The van der Waals surface area contributed by atoms with E-state index in [1.54, 1.807) is 0 Å². The first-order valence-corrected chi connectivity index (χ1v) is 8.80. The predicted octanol–water partition coefficient (Wildman–Crippen LogP) is 2.66. The van der Waals surface area contributed by atoms with Gasteiger partial charge in [-0.25, -0.2) is 8.42 Å². The molecule has 1 heterocycles. The molecule has 4 rings (SSSR count). The van der Waals surface area contributed by atoms with Crippen molar-refractivity contribution in [2.75, 3.05) is 0 Å². The monoisotopic (exact) mass is 330 g/mol. The van der Waals surface area contributed by atoms with Crippen LogP contribution < -0.4 is 0 Å². The molecular weight excluding hydrogens is 316 g/mol. The van der Waals surface area contributed by atoms with Crippen molar-refractivity contribution in [1.29, 1.82) is 0 Å². The molecule has 0 N–H and O–H groups in total. The summed E-state index contributed by atoms with van der Waals surface area (Å²) in [7, 11) is -3.62. The van der Waals surface area contributed by atoms with E-state index >= 15 is 0 Å². The van der Waals surface area contributed by atoms with Gasteiger partial charge in [0.05, 0.1) is 15.9 Å². The zero-order valence-corrected chi connectivity index (χ0v) is 12.9. The fourth-order valence-corrected chi connectivity index (χ4v) is 5.23. The van der Waals surface area contributed by atoms with Crippen molar-refractivity contribution in [2.45, 2.75) is 29.8 Å².